The first-order valence-electron chi connectivity index (χ1n) is 3.60. The van der Waals surface area contributed by atoms with Gasteiger partial charge in [0.1, 0.15) is 13.2 Å². The van der Waals surface area contributed by atoms with E-state index in [-0.39, 0.29) is 6.61 Å². The molecule has 1 N–H and O–H groups in total. The molecule has 10 heteroatoms. The number of hydrogen-bond donors (Lipinski definition) is 1. The van der Waals surface area contributed by atoms with E-state index in [2.05, 4.69) is 8.83 Å². The van der Waals surface area contributed by atoms with Crippen molar-refractivity contribution >= 4 is 15.6 Å². The maximum atomic E-state index is 10.6. The van der Waals surface area contributed by atoms with Crippen LogP contribution in [0.25, 0.3) is 0 Å². The van der Waals surface area contributed by atoms with E-state index in [1.165, 1.54) is 0 Å². The molecule has 0 aliphatic heterocycles. The number of quaternary nitrogens is 1. The Balaban J connectivity index is 3.97. The first kappa shape index (κ1) is 14.2. The standard InChI is InChI=1S/C4H13NO7P2/c1-5(2)3-4-11-14(9,10)12-13(6,7)8/h3-4H2,1-2H3,(H,9,10)(H2,6,7,8)/p-2. The molecule has 0 aromatic carbocycles. The predicted molar refractivity (Wildman–Crippen MR) is 39.9 cm³/mol. The maximum Gasteiger partial charge on any atom is 0.271 e. The summed E-state index contributed by atoms with van der Waals surface area (Å²) >= 11 is 0. The number of phosphoric acid groups is 2. The molecule has 0 amide bonds. The highest BCUT2D eigenvalue weighted by Gasteiger charge is 2.11. The van der Waals surface area contributed by atoms with Crippen LogP contribution in [0.4, 0.5) is 0 Å². The summed E-state index contributed by atoms with van der Waals surface area (Å²) < 4.78 is 27.9. The summed E-state index contributed by atoms with van der Waals surface area (Å²) in [5, 5.41) is 0. The Kier molecular flexibility index (Phi) is 5.43. The van der Waals surface area contributed by atoms with Crippen molar-refractivity contribution < 1.29 is 37.5 Å². The van der Waals surface area contributed by atoms with Gasteiger partial charge in [-0.05, 0) is 0 Å². The van der Waals surface area contributed by atoms with Gasteiger partial charge in [0.2, 0.25) is 0 Å². The molecule has 0 heterocycles. The third-order valence-corrected chi connectivity index (χ3v) is 3.15. The van der Waals surface area contributed by atoms with Crippen LogP contribution >= 0.6 is 15.6 Å². The zero-order chi connectivity index (χ0) is 11.4. The first-order valence-corrected chi connectivity index (χ1v) is 6.52. The van der Waals surface area contributed by atoms with E-state index in [1.54, 1.807) is 14.1 Å². The highest BCUT2D eigenvalue weighted by molar-refractivity contribution is 7.58. The van der Waals surface area contributed by atoms with Crippen molar-refractivity contribution in [2.45, 2.75) is 0 Å². The fraction of sp³-hybridized carbons (Fsp3) is 1.00. The number of rotatable bonds is 6. The Morgan fingerprint density at radius 2 is 1.71 bits per heavy atom. The summed E-state index contributed by atoms with van der Waals surface area (Å²) in [4.78, 5) is 31.4. The Labute approximate surface area is 81.3 Å². The average Bonchev–Trinajstić information content (AvgIpc) is 1.78. The predicted octanol–water partition coefficient (Wildman–Crippen LogP) is -3.54. The smallest absolute Gasteiger partial charge is 0.271 e. The number of nitrogens with one attached hydrogen (secondary N) is 1. The zero-order valence-electron chi connectivity index (χ0n) is 7.67. The molecule has 1 unspecified atom stereocenters. The van der Waals surface area contributed by atoms with Crippen LogP contribution in [0.1, 0.15) is 0 Å². The van der Waals surface area contributed by atoms with E-state index in [9.17, 15) is 23.8 Å². The lowest BCUT2D eigenvalue weighted by atomic mass is 10.6. The van der Waals surface area contributed by atoms with Crippen LogP contribution in [0.15, 0.2) is 0 Å². The third kappa shape index (κ3) is 8.80. The summed E-state index contributed by atoms with van der Waals surface area (Å²) in [6.45, 7) is 0.0840. The van der Waals surface area contributed by atoms with Crippen LogP contribution in [0.5, 0.6) is 0 Å². The van der Waals surface area contributed by atoms with Gasteiger partial charge in [-0.15, -0.1) is 0 Å². The van der Waals surface area contributed by atoms with Gasteiger partial charge < -0.3 is 28.7 Å². The van der Waals surface area contributed by atoms with E-state index in [0.717, 1.165) is 4.90 Å². The van der Waals surface area contributed by atoms with Gasteiger partial charge in [0.25, 0.3) is 7.82 Å². The summed E-state index contributed by atoms with van der Waals surface area (Å²) in [7, 11) is -7.10. The highest BCUT2D eigenvalue weighted by atomic mass is 31.3. The van der Waals surface area contributed by atoms with Crippen LogP contribution in [0.3, 0.4) is 0 Å². The second-order valence-electron chi connectivity index (χ2n) is 2.77. The van der Waals surface area contributed by atoms with Gasteiger partial charge in [-0.1, -0.05) is 0 Å². The van der Waals surface area contributed by atoms with Gasteiger partial charge in [-0.3, -0.25) is 8.88 Å². The van der Waals surface area contributed by atoms with Crippen molar-refractivity contribution in [3.8, 4) is 0 Å². The molecule has 86 valence electrons. The number of hydrogen-bond acceptors (Lipinski definition) is 7. The molecule has 0 rings (SSSR count). The van der Waals surface area contributed by atoms with Crippen molar-refractivity contribution in [2.24, 2.45) is 0 Å². The first-order chi connectivity index (χ1) is 6.12. The van der Waals surface area contributed by atoms with Crippen molar-refractivity contribution in [1.29, 1.82) is 0 Å². The second kappa shape index (κ2) is 5.34. The lowest BCUT2D eigenvalue weighted by Crippen LogP contribution is -3.06. The Hall–Kier alpha value is 0.220. The summed E-state index contributed by atoms with van der Waals surface area (Å²) in [5.41, 5.74) is 0. The normalized spacial score (nSPS) is 17.0. The van der Waals surface area contributed by atoms with Gasteiger partial charge in [0, 0.05) is 0 Å². The van der Waals surface area contributed by atoms with E-state index >= 15 is 0 Å². The molecule has 0 bridgehead atoms. The molecular formula is C4H11NO7P2-2. The molecule has 0 saturated heterocycles. The lowest BCUT2D eigenvalue weighted by Gasteiger charge is -2.34. The molecule has 0 aliphatic rings. The maximum absolute atomic E-state index is 10.6. The molecule has 0 aliphatic carbocycles. The molecule has 0 aromatic rings. The second-order valence-corrected chi connectivity index (χ2v) is 5.47. The van der Waals surface area contributed by atoms with Gasteiger partial charge >= 0.3 is 0 Å². The van der Waals surface area contributed by atoms with Crippen LogP contribution in [-0.2, 0) is 18.0 Å². The third-order valence-electron chi connectivity index (χ3n) is 1.05. The quantitative estimate of drug-likeness (QED) is 0.481. The molecule has 1 atom stereocenters. The molecule has 0 fully saturated rings. The zero-order valence-corrected chi connectivity index (χ0v) is 9.46. The minimum atomic E-state index is -5.56. The summed E-state index contributed by atoms with van der Waals surface area (Å²) in [5.74, 6) is 0. The Morgan fingerprint density at radius 3 is 2.07 bits per heavy atom. The van der Waals surface area contributed by atoms with E-state index in [1.807, 2.05) is 0 Å². The Morgan fingerprint density at radius 1 is 1.21 bits per heavy atom. The molecule has 0 saturated carbocycles. The minimum Gasteiger partial charge on any atom is -0.790 e. The van der Waals surface area contributed by atoms with E-state index in [0.29, 0.717) is 6.54 Å². The molecule has 8 nitrogen and oxygen atoms in total. The van der Waals surface area contributed by atoms with Crippen LogP contribution in [0.2, 0.25) is 0 Å². The monoisotopic (exact) mass is 247 g/mol. The van der Waals surface area contributed by atoms with E-state index < -0.39 is 15.6 Å². The molecule has 14 heavy (non-hydrogen) atoms. The molecule has 0 radical (unpaired) electrons. The fourth-order valence-electron chi connectivity index (χ4n) is 0.508. The molecule has 0 aromatic heterocycles. The largest absolute Gasteiger partial charge is 0.790 e. The Bertz CT molecular complexity index is 260. The van der Waals surface area contributed by atoms with Crippen molar-refractivity contribution in [3.05, 3.63) is 0 Å². The molecule has 0 spiro atoms. The van der Waals surface area contributed by atoms with Crippen LogP contribution < -0.4 is 19.6 Å². The number of phosphoric ester groups is 1. The van der Waals surface area contributed by atoms with Crippen LogP contribution in [0, 0.1) is 0 Å². The summed E-state index contributed by atoms with van der Waals surface area (Å²) in [6, 6.07) is 0. The van der Waals surface area contributed by atoms with Gasteiger partial charge in [-0.2, -0.15) is 0 Å². The lowest BCUT2D eigenvalue weighted by molar-refractivity contribution is -0.858. The summed E-state index contributed by atoms with van der Waals surface area (Å²) in [6.07, 6.45) is 0. The average molecular weight is 247 g/mol. The number of likely N-dealkylation sites (N-methyl/N-ethyl adjacent to an activating group) is 1. The van der Waals surface area contributed by atoms with E-state index in [4.69, 9.17) is 0 Å². The highest BCUT2D eigenvalue weighted by Crippen LogP contribution is 2.49. The molecular weight excluding hydrogens is 236 g/mol. The van der Waals surface area contributed by atoms with Gasteiger partial charge in [0.15, 0.2) is 0 Å². The van der Waals surface area contributed by atoms with Crippen molar-refractivity contribution in [3.63, 3.8) is 0 Å². The minimum absolute atomic E-state index is 0.247. The fourth-order valence-corrected chi connectivity index (χ4v) is 1.99. The van der Waals surface area contributed by atoms with Crippen LogP contribution in [-0.4, -0.2) is 27.2 Å². The van der Waals surface area contributed by atoms with Crippen molar-refractivity contribution in [1.82, 2.24) is 0 Å². The van der Waals surface area contributed by atoms with Crippen molar-refractivity contribution in [2.75, 3.05) is 27.2 Å². The topological polar surface area (TPSA) is 126 Å². The van der Waals surface area contributed by atoms with Gasteiger partial charge in [0.05, 0.1) is 21.9 Å². The SMILES string of the molecule is C[NH+](C)CCOP(=O)([O-])OP(=O)([O-])[O-]. The van der Waals surface area contributed by atoms with Gasteiger partial charge in [-0.25, -0.2) is 0 Å².